The molecule has 3 rings (SSSR count). The molecule has 2 aliphatic rings. The van der Waals surface area contributed by atoms with Crippen LogP contribution in [0.25, 0.3) is 6.08 Å². The van der Waals surface area contributed by atoms with Crippen LogP contribution in [0.2, 0.25) is 0 Å². The number of hydrogen-bond acceptors (Lipinski definition) is 3. The Morgan fingerprint density at radius 2 is 2.08 bits per heavy atom. The Labute approximate surface area is 140 Å². The summed E-state index contributed by atoms with van der Waals surface area (Å²) in [5, 5.41) is 2.26. The van der Waals surface area contributed by atoms with Gasteiger partial charge in [-0.15, -0.1) is 0 Å². The van der Waals surface area contributed by atoms with E-state index in [4.69, 9.17) is 0 Å². The first-order chi connectivity index (χ1) is 11.6. The molecule has 0 aromatic carbocycles. The largest absolute Gasteiger partial charge is 0.351 e. The molecule has 6 nitrogen and oxygen atoms in total. The minimum atomic E-state index is -0.640. The fraction of sp³-hybridized carbons (Fsp3) is 0.389. The van der Waals surface area contributed by atoms with E-state index < -0.39 is 17.8 Å². The van der Waals surface area contributed by atoms with Gasteiger partial charge in [-0.3, -0.25) is 19.8 Å². The lowest BCUT2D eigenvalue weighted by molar-refractivity contribution is -0.130. The van der Waals surface area contributed by atoms with E-state index in [1.54, 1.807) is 10.6 Å². The Morgan fingerprint density at radius 3 is 2.75 bits per heavy atom. The van der Waals surface area contributed by atoms with Gasteiger partial charge in [-0.05, 0) is 50.3 Å². The molecule has 6 heteroatoms. The Kier molecular flexibility index (Phi) is 4.64. The first-order valence-electron chi connectivity index (χ1n) is 8.24. The van der Waals surface area contributed by atoms with Gasteiger partial charge in [0, 0.05) is 25.5 Å². The summed E-state index contributed by atoms with van der Waals surface area (Å²) in [7, 11) is 1.83. The van der Waals surface area contributed by atoms with E-state index in [-0.39, 0.29) is 5.57 Å². The second kappa shape index (κ2) is 6.86. The molecule has 1 N–H and O–H groups in total. The molecular weight excluding hydrogens is 306 g/mol. The average Bonchev–Trinajstić information content (AvgIpc) is 2.97. The standard InChI is InChI=1S/C18H21N3O3/c1-20-10-5-8-14(20)12-15-16(22)19-18(24)21(17(15)23)11-9-13-6-3-2-4-7-13/h5-6,8,10,12H,2-4,7,9,11H2,1H3,(H,19,22,24). The lowest BCUT2D eigenvalue weighted by Gasteiger charge is -2.27. The number of urea groups is 1. The summed E-state index contributed by atoms with van der Waals surface area (Å²) in [5.41, 5.74) is 2.01. The number of nitrogens with one attached hydrogen (secondary N) is 1. The molecule has 0 saturated carbocycles. The van der Waals surface area contributed by atoms with Gasteiger partial charge >= 0.3 is 6.03 Å². The van der Waals surface area contributed by atoms with E-state index in [1.807, 2.05) is 19.3 Å². The Hall–Kier alpha value is -2.63. The molecule has 1 saturated heterocycles. The predicted octanol–water partition coefficient (Wildman–Crippen LogP) is 2.38. The van der Waals surface area contributed by atoms with Crippen molar-refractivity contribution in [1.82, 2.24) is 14.8 Å². The number of aryl methyl sites for hydroxylation is 1. The van der Waals surface area contributed by atoms with E-state index in [9.17, 15) is 14.4 Å². The fourth-order valence-corrected chi connectivity index (χ4v) is 3.06. The summed E-state index contributed by atoms with van der Waals surface area (Å²) in [5.74, 6) is -1.17. The molecule has 1 aliphatic carbocycles. The number of amides is 4. The number of carbonyl (C=O) groups excluding carboxylic acids is 3. The molecule has 2 heterocycles. The van der Waals surface area contributed by atoms with Gasteiger partial charge in [-0.1, -0.05) is 11.6 Å². The Bertz CT molecular complexity index is 742. The summed E-state index contributed by atoms with van der Waals surface area (Å²) in [4.78, 5) is 37.8. The van der Waals surface area contributed by atoms with E-state index in [1.165, 1.54) is 18.1 Å². The maximum Gasteiger partial charge on any atom is 0.331 e. The molecule has 0 bridgehead atoms. The van der Waals surface area contributed by atoms with E-state index in [2.05, 4.69) is 11.4 Å². The van der Waals surface area contributed by atoms with Gasteiger partial charge in [0.25, 0.3) is 11.8 Å². The molecule has 1 aromatic rings. The second-order valence-corrected chi connectivity index (χ2v) is 6.18. The molecule has 0 atom stereocenters. The van der Waals surface area contributed by atoms with Crippen molar-refractivity contribution in [2.45, 2.75) is 32.1 Å². The molecule has 1 aromatic heterocycles. The first kappa shape index (κ1) is 16.2. The van der Waals surface area contributed by atoms with Crippen LogP contribution in [0.1, 0.15) is 37.8 Å². The van der Waals surface area contributed by atoms with Crippen molar-refractivity contribution >= 4 is 23.9 Å². The van der Waals surface area contributed by atoms with Gasteiger partial charge in [0.2, 0.25) is 0 Å². The third-order valence-electron chi connectivity index (χ3n) is 4.50. The zero-order valence-corrected chi connectivity index (χ0v) is 13.7. The molecule has 24 heavy (non-hydrogen) atoms. The van der Waals surface area contributed by atoms with Crippen LogP contribution in [0.5, 0.6) is 0 Å². The minimum Gasteiger partial charge on any atom is -0.351 e. The van der Waals surface area contributed by atoms with Crippen molar-refractivity contribution in [1.29, 1.82) is 0 Å². The predicted molar refractivity (Wildman–Crippen MR) is 89.8 cm³/mol. The van der Waals surface area contributed by atoms with E-state index in [0.717, 1.165) is 29.9 Å². The lowest BCUT2D eigenvalue weighted by Crippen LogP contribution is -2.54. The average molecular weight is 327 g/mol. The smallest absolute Gasteiger partial charge is 0.331 e. The van der Waals surface area contributed by atoms with Crippen molar-refractivity contribution in [2.24, 2.45) is 7.05 Å². The van der Waals surface area contributed by atoms with Crippen LogP contribution in [0.3, 0.4) is 0 Å². The maximum atomic E-state index is 12.6. The summed E-state index contributed by atoms with van der Waals surface area (Å²) in [6.45, 7) is 0.300. The van der Waals surface area contributed by atoms with Gasteiger partial charge in [0.15, 0.2) is 0 Å². The SMILES string of the molecule is Cn1cccc1C=C1C(=O)NC(=O)N(CCC2=CCCCC2)C1=O. The molecule has 126 valence electrons. The number of carbonyl (C=O) groups is 3. The molecule has 0 unspecified atom stereocenters. The number of imide groups is 2. The Balaban J connectivity index is 1.77. The monoisotopic (exact) mass is 327 g/mol. The van der Waals surface area contributed by atoms with Gasteiger partial charge in [-0.2, -0.15) is 0 Å². The van der Waals surface area contributed by atoms with Crippen LogP contribution < -0.4 is 5.32 Å². The van der Waals surface area contributed by atoms with E-state index >= 15 is 0 Å². The number of rotatable bonds is 4. The maximum absolute atomic E-state index is 12.6. The van der Waals surface area contributed by atoms with Crippen LogP contribution >= 0.6 is 0 Å². The highest BCUT2D eigenvalue weighted by atomic mass is 16.2. The van der Waals surface area contributed by atoms with Crippen LogP contribution in [0, 0.1) is 0 Å². The van der Waals surface area contributed by atoms with Crippen molar-refractivity contribution in [3.63, 3.8) is 0 Å². The minimum absolute atomic E-state index is 0.00553. The van der Waals surface area contributed by atoms with Gasteiger partial charge in [-0.25, -0.2) is 4.79 Å². The lowest BCUT2D eigenvalue weighted by atomic mass is 9.97. The fourth-order valence-electron chi connectivity index (χ4n) is 3.06. The van der Waals surface area contributed by atoms with Gasteiger partial charge in [0.1, 0.15) is 5.57 Å². The highest BCUT2D eigenvalue weighted by Gasteiger charge is 2.35. The normalized spacial score (nSPS) is 20.4. The third-order valence-corrected chi connectivity index (χ3v) is 4.50. The van der Waals surface area contributed by atoms with Crippen molar-refractivity contribution in [2.75, 3.05) is 6.54 Å². The van der Waals surface area contributed by atoms with Crippen LogP contribution in [-0.2, 0) is 16.6 Å². The molecule has 0 spiro atoms. The van der Waals surface area contributed by atoms with Crippen molar-refractivity contribution in [3.05, 3.63) is 41.2 Å². The highest BCUT2D eigenvalue weighted by molar-refractivity contribution is 6.30. The molecule has 1 fully saturated rings. The molecule has 4 amide bonds. The topological polar surface area (TPSA) is 71.4 Å². The number of nitrogens with zero attached hydrogens (tertiary/aromatic N) is 2. The van der Waals surface area contributed by atoms with Gasteiger partial charge < -0.3 is 4.57 Å². The second-order valence-electron chi connectivity index (χ2n) is 6.18. The summed E-state index contributed by atoms with van der Waals surface area (Å²) in [6, 6.07) is 3.00. The summed E-state index contributed by atoms with van der Waals surface area (Å²) in [6.07, 6.45) is 10.7. The van der Waals surface area contributed by atoms with Crippen LogP contribution in [0.15, 0.2) is 35.6 Å². The number of barbiturate groups is 1. The molecule has 1 aliphatic heterocycles. The summed E-state index contributed by atoms with van der Waals surface area (Å²) >= 11 is 0. The molecule has 0 radical (unpaired) electrons. The number of allylic oxidation sites excluding steroid dienone is 1. The highest BCUT2D eigenvalue weighted by Crippen LogP contribution is 2.22. The van der Waals surface area contributed by atoms with Crippen LogP contribution in [-0.4, -0.2) is 33.9 Å². The van der Waals surface area contributed by atoms with Crippen LogP contribution in [0.4, 0.5) is 4.79 Å². The number of hydrogen-bond donors (Lipinski definition) is 1. The summed E-state index contributed by atoms with van der Waals surface area (Å²) < 4.78 is 1.81. The number of aromatic nitrogens is 1. The zero-order chi connectivity index (χ0) is 17.1. The van der Waals surface area contributed by atoms with Gasteiger partial charge in [0.05, 0.1) is 0 Å². The third kappa shape index (κ3) is 3.32. The first-order valence-corrected chi connectivity index (χ1v) is 8.24. The quantitative estimate of drug-likeness (QED) is 0.524. The Morgan fingerprint density at radius 1 is 1.25 bits per heavy atom. The van der Waals surface area contributed by atoms with Crippen molar-refractivity contribution < 1.29 is 14.4 Å². The molecular formula is C18H21N3O3. The zero-order valence-electron chi connectivity index (χ0n) is 13.7. The van der Waals surface area contributed by atoms with Crippen molar-refractivity contribution in [3.8, 4) is 0 Å². The van der Waals surface area contributed by atoms with E-state index in [0.29, 0.717) is 13.0 Å².